The largest absolute Gasteiger partial charge is 0.319 e. The molecule has 3 aromatic rings. The van der Waals surface area contributed by atoms with Gasteiger partial charge in [0.25, 0.3) is 5.56 Å². The van der Waals surface area contributed by atoms with Crippen molar-refractivity contribution in [1.29, 1.82) is 0 Å². The quantitative estimate of drug-likeness (QED) is 0.740. The standard InChI is InChI=1S/C19H22N4O/c1-12(2)15-8-17-19(20-10-15)21-11-16(22-17)7-13(3)14-5-6-23(4)18(24)9-14/h5-6,8-13H,7H2,1-4H3/t13-/m0/s1. The Balaban J connectivity index is 1.88. The summed E-state index contributed by atoms with van der Waals surface area (Å²) < 4.78 is 1.57. The third-order valence-corrected chi connectivity index (χ3v) is 4.35. The van der Waals surface area contributed by atoms with Crippen LogP contribution >= 0.6 is 0 Å². The van der Waals surface area contributed by atoms with Crippen LogP contribution in [0.15, 0.2) is 41.6 Å². The summed E-state index contributed by atoms with van der Waals surface area (Å²) in [4.78, 5) is 25.3. The minimum absolute atomic E-state index is 0.00900. The molecule has 0 saturated carbocycles. The normalized spacial score (nSPS) is 12.7. The second kappa shape index (κ2) is 6.51. The zero-order valence-corrected chi connectivity index (χ0v) is 14.5. The third-order valence-electron chi connectivity index (χ3n) is 4.35. The number of nitrogens with zero attached hydrogens (tertiary/aromatic N) is 4. The molecule has 0 unspecified atom stereocenters. The van der Waals surface area contributed by atoms with Gasteiger partial charge in [0.15, 0.2) is 5.65 Å². The fourth-order valence-electron chi connectivity index (χ4n) is 2.68. The van der Waals surface area contributed by atoms with Gasteiger partial charge in [-0.1, -0.05) is 20.8 Å². The van der Waals surface area contributed by atoms with Crippen LogP contribution in [0.3, 0.4) is 0 Å². The molecule has 5 nitrogen and oxygen atoms in total. The molecule has 1 atom stereocenters. The maximum Gasteiger partial charge on any atom is 0.250 e. The summed E-state index contributed by atoms with van der Waals surface area (Å²) >= 11 is 0. The highest BCUT2D eigenvalue weighted by molar-refractivity contribution is 5.70. The molecule has 0 amide bonds. The van der Waals surface area contributed by atoms with E-state index in [9.17, 15) is 4.79 Å². The van der Waals surface area contributed by atoms with E-state index in [1.54, 1.807) is 30.1 Å². The Hall–Kier alpha value is -2.56. The number of pyridine rings is 2. The maximum atomic E-state index is 11.8. The maximum absolute atomic E-state index is 11.8. The van der Waals surface area contributed by atoms with E-state index in [0.29, 0.717) is 11.6 Å². The molecule has 124 valence electrons. The molecule has 0 fully saturated rings. The van der Waals surface area contributed by atoms with Gasteiger partial charge in [-0.25, -0.2) is 15.0 Å². The zero-order valence-electron chi connectivity index (χ0n) is 14.5. The van der Waals surface area contributed by atoms with Crippen molar-refractivity contribution in [1.82, 2.24) is 19.5 Å². The minimum atomic E-state index is 0.00900. The van der Waals surface area contributed by atoms with Crippen LogP contribution in [0.5, 0.6) is 0 Å². The molecule has 0 spiro atoms. The Labute approximate surface area is 141 Å². The van der Waals surface area contributed by atoms with E-state index < -0.39 is 0 Å². The van der Waals surface area contributed by atoms with Gasteiger partial charge in [0.05, 0.1) is 11.9 Å². The van der Waals surface area contributed by atoms with Gasteiger partial charge in [0.1, 0.15) is 5.52 Å². The van der Waals surface area contributed by atoms with Gasteiger partial charge in [-0.3, -0.25) is 4.79 Å². The predicted molar refractivity (Wildman–Crippen MR) is 95.2 cm³/mol. The average molecular weight is 322 g/mol. The number of rotatable bonds is 4. The summed E-state index contributed by atoms with van der Waals surface area (Å²) in [6, 6.07) is 5.74. The van der Waals surface area contributed by atoms with Crippen LogP contribution in [0.2, 0.25) is 0 Å². The highest BCUT2D eigenvalue weighted by Gasteiger charge is 2.11. The Kier molecular flexibility index (Phi) is 4.42. The molecule has 0 radical (unpaired) electrons. The lowest BCUT2D eigenvalue weighted by molar-refractivity contribution is 0.728. The summed E-state index contributed by atoms with van der Waals surface area (Å²) in [6.07, 6.45) is 6.19. The fraction of sp³-hybridized carbons (Fsp3) is 0.368. The third kappa shape index (κ3) is 3.35. The topological polar surface area (TPSA) is 60.7 Å². The smallest absolute Gasteiger partial charge is 0.250 e. The molecule has 3 heterocycles. The summed E-state index contributed by atoms with van der Waals surface area (Å²) in [5.41, 5.74) is 4.61. The number of fused-ring (bicyclic) bond motifs is 1. The van der Waals surface area contributed by atoms with Crippen LogP contribution in [-0.4, -0.2) is 19.5 Å². The Morgan fingerprint density at radius 1 is 1.08 bits per heavy atom. The SMILES string of the molecule is CC(C)c1cnc2ncc(C[C@H](C)c3ccn(C)c(=O)c3)nc2c1. The van der Waals surface area contributed by atoms with E-state index in [-0.39, 0.29) is 11.5 Å². The van der Waals surface area contributed by atoms with Crippen molar-refractivity contribution in [2.45, 2.75) is 39.0 Å². The Morgan fingerprint density at radius 3 is 2.54 bits per heavy atom. The lowest BCUT2D eigenvalue weighted by atomic mass is 9.97. The molecule has 0 aromatic carbocycles. The number of hydrogen-bond donors (Lipinski definition) is 0. The molecule has 24 heavy (non-hydrogen) atoms. The molecule has 0 aliphatic carbocycles. The van der Waals surface area contributed by atoms with E-state index in [4.69, 9.17) is 4.98 Å². The Morgan fingerprint density at radius 2 is 1.83 bits per heavy atom. The predicted octanol–water partition coefficient (Wildman–Crippen LogP) is 3.19. The van der Waals surface area contributed by atoms with Gasteiger partial charge in [-0.2, -0.15) is 0 Å². The number of aryl methyl sites for hydroxylation is 1. The monoisotopic (exact) mass is 322 g/mol. The molecule has 3 aromatic heterocycles. The first kappa shape index (κ1) is 16.3. The molecule has 0 saturated heterocycles. The zero-order chi connectivity index (χ0) is 17.3. The van der Waals surface area contributed by atoms with Crippen molar-refractivity contribution in [3.05, 3.63) is 64.0 Å². The molecule has 0 bridgehead atoms. The molecule has 0 aliphatic rings. The first-order valence-electron chi connectivity index (χ1n) is 8.22. The van der Waals surface area contributed by atoms with Crippen LogP contribution in [-0.2, 0) is 13.5 Å². The molecule has 5 heteroatoms. The van der Waals surface area contributed by atoms with Crippen LogP contribution in [0.1, 0.15) is 49.4 Å². The van der Waals surface area contributed by atoms with Crippen molar-refractivity contribution >= 4 is 11.2 Å². The second-order valence-corrected chi connectivity index (χ2v) is 6.64. The molecule has 0 N–H and O–H groups in total. The average Bonchev–Trinajstić information content (AvgIpc) is 2.56. The van der Waals surface area contributed by atoms with E-state index >= 15 is 0 Å². The van der Waals surface area contributed by atoms with E-state index in [2.05, 4.69) is 36.8 Å². The Bertz CT molecular complexity index is 930. The van der Waals surface area contributed by atoms with Gasteiger partial charge in [0, 0.05) is 25.5 Å². The summed E-state index contributed by atoms with van der Waals surface area (Å²) in [7, 11) is 1.75. The van der Waals surface area contributed by atoms with Crippen molar-refractivity contribution in [3.63, 3.8) is 0 Å². The van der Waals surface area contributed by atoms with E-state index in [1.807, 2.05) is 12.3 Å². The minimum Gasteiger partial charge on any atom is -0.319 e. The van der Waals surface area contributed by atoms with Crippen LogP contribution in [0.4, 0.5) is 0 Å². The lowest BCUT2D eigenvalue weighted by Crippen LogP contribution is -2.16. The van der Waals surface area contributed by atoms with Gasteiger partial charge in [-0.05, 0) is 41.5 Å². The molecule has 0 aliphatic heterocycles. The molecular formula is C19H22N4O. The van der Waals surface area contributed by atoms with Crippen molar-refractivity contribution < 1.29 is 0 Å². The summed E-state index contributed by atoms with van der Waals surface area (Å²) in [5.74, 6) is 0.610. The first-order chi connectivity index (χ1) is 11.4. The van der Waals surface area contributed by atoms with Gasteiger partial charge in [0.2, 0.25) is 0 Å². The molecular weight excluding hydrogens is 300 g/mol. The van der Waals surface area contributed by atoms with Crippen molar-refractivity contribution in [3.8, 4) is 0 Å². The number of hydrogen-bond acceptors (Lipinski definition) is 4. The van der Waals surface area contributed by atoms with Crippen LogP contribution in [0, 0.1) is 0 Å². The lowest BCUT2D eigenvalue weighted by Gasteiger charge is -2.12. The number of aromatic nitrogens is 4. The van der Waals surface area contributed by atoms with Crippen LogP contribution in [0.25, 0.3) is 11.2 Å². The van der Waals surface area contributed by atoms with Gasteiger partial charge >= 0.3 is 0 Å². The fourth-order valence-corrected chi connectivity index (χ4v) is 2.68. The van der Waals surface area contributed by atoms with Gasteiger partial charge < -0.3 is 4.57 Å². The highest BCUT2D eigenvalue weighted by atomic mass is 16.1. The summed E-state index contributed by atoms with van der Waals surface area (Å²) in [5, 5.41) is 0. The van der Waals surface area contributed by atoms with E-state index in [1.165, 1.54) is 0 Å². The summed E-state index contributed by atoms with van der Waals surface area (Å²) in [6.45, 7) is 6.37. The van der Waals surface area contributed by atoms with E-state index in [0.717, 1.165) is 28.8 Å². The van der Waals surface area contributed by atoms with Crippen molar-refractivity contribution in [2.75, 3.05) is 0 Å². The van der Waals surface area contributed by atoms with Crippen LogP contribution < -0.4 is 5.56 Å². The molecule has 3 rings (SSSR count). The first-order valence-corrected chi connectivity index (χ1v) is 8.22. The van der Waals surface area contributed by atoms with Crippen molar-refractivity contribution in [2.24, 2.45) is 7.05 Å². The second-order valence-electron chi connectivity index (χ2n) is 6.64. The van der Waals surface area contributed by atoms with Gasteiger partial charge in [-0.15, -0.1) is 0 Å². The highest BCUT2D eigenvalue weighted by Crippen LogP contribution is 2.20.